The summed E-state index contributed by atoms with van der Waals surface area (Å²) in [5.41, 5.74) is 7.45. The number of hydrogen-bond donors (Lipinski definition) is 2. The molecule has 1 aromatic carbocycles. The summed E-state index contributed by atoms with van der Waals surface area (Å²) in [6, 6.07) is 6.65. The van der Waals surface area contributed by atoms with Crippen LogP contribution in [-0.4, -0.2) is 25.0 Å². The maximum Gasteiger partial charge on any atom is 0.209 e. The number of anilines is 1. The normalized spacial score (nSPS) is 11.7. The maximum absolute atomic E-state index is 13.1. The zero-order valence-corrected chi connectivity index (χ0v) is 13.6. The summed E-state index contributed by atoms with van der Waals surface area (Å²) >= 11 is 0. The number of sulfone groups is 1. The van der Waals surface area contributed by atoms with Gasteiger partial charge in [-0.15, -0.1) is 0 Å². The molecule has 3 rings (SSSR count). The highest BCUT2D eigenvalue weighted by Gasteiger charge is 2.26. The van der Waals surface area contributed by atoms with E-state index in [0.29, 0.717) is 23.4 Å². The second-order valence-electron chi connectivity index (χ2n) is 5.17. The van der Waals surface area contributed by atoms with E-state index in [4.69, 9.17) is 10.5 Å². The SMILES string of the molecule is CCOc1c[nH]c2ncc(N)c(S(=O)(=O)c3ccc(C)cc3)c12. The molecule has 0 unspecified atom stereocenters. The smallest absolute Gasteiger partial charge is 0.209 e. The van der Waals surface area contributed by atoms with E-state index in [2.05, 4.69) is 9.97 Å². The molecule has 0 amide bonds. The zero-order valence-electron chi connectivity index (χ0n) is 12.8. The number of nitrogens with two attached hydrogens (primary N) is 1. The molecule has 0 aliphatic heterocycles. The number of rotatable bonds is 4. The van der Waals surface area contributed by atoms with E-state index in [1.807, 2.05) is 13.8 Å². The Balaban J connectivity index is 2.31. The average Bonchev–Trinajstić information content (AvgIpc) is 2.91. The van der Waals surface area contributed by atoms with Crippen molar-refractivity contribution in [1.29, 1.82) is 0 Å². The second kappa shape index (κ2) is 5.58. The van der Waals surface area contributed by atoms with Crippen LogP contribution in [0.25, 0.3) is 11.0 Å². The van der Waals surface area contributed by atoms with Gasteiger partial charge in [-0.25, -0.2) is 13.4 Å². The molecule has 0 saturated heterocycles. The lowest BCUT2D eigenvalue weighted by atomic mass is 10.2. The van der Waals surface area contributed by atoms with Crippen LogP contribution in [0, 0.1) is 6.92 Å². The number of aromatic nitrogens is 2. The molecule has 23 heavy (non-hydrogen) atoms. The lowest BCUT2D eigenvalue weighted by Crippen LogP contribution is -2.07. The number of aromatic amines is 1. The van der Waals surface area contributed by atoms with Crippen molar-refractivity contribution in [2.24, 2.45) is 0 Å². The van der Waals surface area contributed by atoms with E-state index < -0.39 is 9.84 Å². The molecule has 120 valence electrons. The third-order valence-electron chi connectivity index (χ3n) is 3.55. The first-order valence-corrected chi connectivity index (χ1v) is 8.63. The highest BCUT2D eigenvalue weighted by atomic mass is 32.2. The molecule has 7 heteroatoms. The van der Waals surface area contributed by atoms with Crippen LogP contribution >= 0.6 is 0 Å². The van der Waals surface area contributed by atoms with Crippen LogP contribution in [0.2, 0.25) is 0 Å². The molecule has 3 aromatic rings. The van der Waals surface area contributed by atoms with Crippen molar-refractivity contribution in [2.45, 2.75) is 23.6 Å². The van der Waals surface area contributed by atoms with Gasteiger partial charge < -0.3 is 15.5 Å². The molecule has 0 atom stereocenters. The van der Waals surface area contributed by atoms with Gasteiger partial charge in [-0.05, 0) is 26.0 Å². The molecule has 2 aromatic heterocycles. The molecule has 0 bridgehead atoms. The van der Waals surface area contributed by atoms with Crippen molar-refractivity contribution >= 4 is 26.6 Å². The Kier molecular flexibility index (Phi) is 3.73. The maximum atomic E-state index is 13.1. The molecule has 0 radical (unpaired) electrons. The van der Waals surface area contributed by atoms with Crippen molar-refractivity contribution in [1.82, 2.24) is 9.97 Å². The lowest BCUT2D eigenvalue weighted by Gasteiger charge is -2.11. The number of H-pyrrole nitrogens is 1. The van der Waals surface area contributed by atoms with Gasteiger partial charge in [-0.2, -0.15) is 0 Å². The summed E-state index contributed by atoms with van der Waals surface area (Å²) in [5, 5.41) is 0.382. The van der Waals surface area contributed by atoms with Gasteiger partial charge in [0.2, 0.25) is 9.84 Å². The van der Waals surface area contributed by atoms with E-state index in [-0.39, 0.29) is 15.5 Å². The summed E-state index contributed by atoms with van der Waals surface area (Å²) in [5.74, 6) is 0.424. The molecular formula is C16H17N3O3S. The Morgan fingerprint density at radius 1 is 1.26 bits per heavy atom. The molecule has 0 aliphatic rings. The number of nitrogen functional groups attached to an aromatic ring is 1. The number of ether oxygens (including phenoxy) is 1. The van der Waals surface area contributed by atoms with E-state index >= 15 is 0 Å². The van der Waals surface area contributed by atoms with Crippen LogP contribution < -0.4 is 10.5 Å². The highest BCUT2D eigenvalue weighted by molar-refractivity contribution is 7.92. The van der Waals surface area contributed by atoms with Crippen molar-refractivity contribution in [3.8, 4) is 5.75 Å². The van der Waals surface area contributed by atoms with Crippen LogP contribution in [-0.2, 0) is 9.84 Å². The molecule has 0 aliphatic carbocycles. The fourth-order valence-corrected chi connectivity index (χ4v) is 4.01. The standard InChI is InChI=1S/C16H17N3O3S/c1-3-22-13-9-19-16-14(13)15(12(17)8-18-16)23(20,21)11-6-4-10(2)5-7-11/h4-9H,3,17H2,1-2H3,(H,18,19). The predicted molar refractivity (Wildman–Crippen MR) is 88.3 cm³/mol. The van der Waals surface area contributed by atoms with Crippen molar-refractivity contribution in [3.05, 3.63) is 42.2 Å². The fraction of sp³-hybridized carbons (Fsp3) is 0.188. The summed E-state index contributed by atoms with van der Waals surface area (Å²) in [7, 11) is -3.79. The molecule has 2 heterocycles. The Hall–Kier alpha value is -2.54. The summed E-state index contributed by atoms with van der Waals surface area (Å²) in [6.07, 6.45) is 2.93. The minimum Gasteiger partial charge on any atom is -0.492 e. The lowest BCUT2D eigenvalue weighted by molar-refractivity contribution is 0.344. The van der Waals surface area contributed by atoms with Crippen LogP contribution in [0.1, 0.15) is 12.5 Å². The van der Waals surface area contributed by atoms with E-state index in [0.717, 1.165) is 5.56 Å². The molecular weight excluding hydrogens is 314 g/mol. The Bertz CT molecular complexity index is 960. The van der Waals surface area contributed by atoms with Gasteiger partial charge in [0, 0.05) is 6.20 Å². The molecule has 0 saturated carbocycles. The molecule has 0 spiro atoms. The summed E-state index contributed by atoms with van der Waals surface area (Å²) in [4.78, 5) is 7.27. The Morgan fingerprint density at radius 3 is 2.61 bits per heavy atom. The van der Waals surface area contributed by atoms with Gasteiger partial charge in [0.25, 0.3) is 0 Å². The summed E-state index contributed by atoms with van der Waals surface area (Å²) < 4.78 is 31.6. The van der Waals surface area contributed by atoms with Gasteiger partial charge in [0.15, 0.2) is 0 Å². The van der Waals surface area contributed by atoms with E-state index in [1.54, 1.807) is 30.5 Å². The number of pyridine rings is 1. The van der Waals surface area contributed by atoms with Gasteiger partial charge in [-0.1, -0.05) is 17.7 Å². The molecule has 3 N–H and O–H groups in total. The third kappa shape index (κ3) is 2.53. The zero-order chi connectivity index (χ0) is 16.6. The second-order valence-corrected chi connectivity index (χ2v) is 7.06. The molecule has 6 nitrogen and oxygen atoms in total. The third-order valence-corrected chi connectivity index (χ3v) is 5.42. The quantitative estimate of drug-likeness (QED) is 0.766. The largest absolute Gasteiger partial charge is 0.492 e. The topological polar surface area (TPSA) is 98.1 Å². The first kappa shape index (κ1) is 15.4. The van der Waals surface area contributed by atoms with E-state index in [1.165, 1.54) is 6.20 Å². The van der Waals surface area contributed by atoms with Crippen molar-refractivity contribution in [3.63, 3.8) is 0 Å². The van der Waals surface area contributed by atoms with Gasteiger partial charge in [-0.3, -0.25) is 0 Å². The van der Waals surface area contributed by atoms with Crippen molar-refractivity contribution in [2.75, 3.05) is 12.3 Å². The van der Waals surface area contributed by atoms with Gasteiger partial charge in [0.05, 0.1) is 28.8 Å². The predicted octanol–water partition coefficient (Wildman–Crippen LogP) is 2.69. The first-order chi connectivity index (χ1) is 10.9. The van der Waals surface area contributed by atoms with Crippen LogP contribution in [0.5, 0.6) is 5.75 Å². The fourth-order valence-electron chi connectivity index (χ4n) is 2.45. The monoisotopic (exact) mass is 331 g/mol. The van der Waals surface area contributed by atoms with E-state index in [9.17, 15) is 8.42 Å². The number of benzene rings is 1. The number of hydrogen-bond acceptors (Lipinski definition) is 5. The van der Waals surface area contributed by atoms with Gasteiger partial charge >= 0.3 is 0 Å². The minimum atomic E-state index is -3.79. The minimum absolute atomic E-state index is 0.0241. The van der Waals surface area contributed by atoms with Crippen LogP contribution in [0.3, 0.4) is 0 Å². The van der Waals surface area contributed by atoms with Gasteiger partial charge in [0.1, 0.15) is 16.3 Å². The highest BCUT2D eigenvalue weighted by Crippen LogP contribution is 2.37. The summed E-state index contributed by atoms with van der Waals surface area (Å²) in [6.45, 7) is 4.13. The average molecular weight is 331 g/mol. The number of aryl methyl sites for hydroxylation is 1. The Labute approximate surface area is 134 Å². The number of nitrogens with zero attached hydrogens (tertiary/aromatic N) is 1. The Morgan fingerprint density at radius 2 is 1.96 bits per heavy atom. The van der Waals surface area contributed by atoms with Crippen LogP contribution in [0.4, 0.5) is 5.69 Å². The van der Waals surface area contributed by atoms with Crippen molar-refractivity contribution < 1.29 is 13.2 Å². The first-order valence-electron chi connectivity index (χ1n) is 7.15. The number of fused-ring (bicyclic) bond motifs is 1. The number of nitrogens with one attached hydrogen (secondary N) is 1. The molecule has 0 fully saturated rings. The van der Waals surface area contributed by atoms with Crippen LogP contribution in [0.15, 0.2) is 46.5 Å².